The number of carbonyl (C=O) groups is 3. The molecule has 9 heteroatoms. The molecular weight excluding hydrogens is 412 g/mol. The van der Waals surface area contributed by atoms with Crippen molar-refractivity contribution in [1.82, 2.24) is 20.4 Å². The van der Waals surface area contributed by atoms with Gasteiger partial charge in [-0.3, -0.25) is 14.7 Å². The van der Waals surface area contributed by atoms with Crippen LogP contribution in [0.3, 0.4) is 0 Å². The highest BCUT2D eigenvalue weighted by Crippen LogP contribution is 2.28. The van der Waals surface area contributed by atoms with E-state index in [1.807, 2.05) is 0 Å². The number of hydrogen-bond donors (Lipinski definition) is 2. The molecule has 1 aromatic carbocycles. The van der Waals surface area contributed by atoms with Crippen LogP contribution in [0.4, 0.5) is 0 Å². The maximum atomic E-state index is 12.8. The number of benzene rings is 1. The predicted octanol–water partition coefficient (Wildman–Crippen LogP) is 2.74. The van der Waals surface area contributed by atoms with E-state index in [1.54, 1.807) is 53.6 Å². The van der Waals surface area contributed by atoms with E-state index in [-0.39, 0.29) is 17.7 Å². The van der Waals surface area contributed by atoms with Crippen molar-refractivity contribution < 1.29 is 23.5 Å². The zero-order chi connectivity index (χ0) is 22.5. The Labute approximate surface area is 184 Å². The number of methoxy groups -OCH3 is 1. The van der Waals surface area contributed by atoms with Crippen molar-refractivity contribution in [3.8, 4) is 0 Å². The molecule has 0 atom stereocenters. The molecule has 3 aromatic rings. The Kier molecular flexibility index (Phi) is 6.34. The van der Waals surface area contributed by atoms with E-state index < -0.39 is 5.97 Å². The van der Waals surface area contributed by atoms with Gasteiger partial charge in [0.1, 0.15) is 11.5 Å². The molecule has 2 aromatic heterocycles. The summed E-state index contributed by atoms with van der Waals surface area (Å²) >= 11 is 0. The van der Waals surface area contributed by atoms with Gasteiger partial charge in [0.15, 0.2) is 0 Å². The number of piperidine rings is 1. The van der Waals surface area contributed by atoms with Crippen LogP contribution in [0.5, 0.6) is 0 Å². The normalized spacial score (nSPS) is 14.2. The molecule has 0 unspecified atom stereocenters. The fourth-order valence-electron chi connectivity index (χ4n) is 3.78. The number of ether oxygens (including phenoxy) is 1. The highest BCUT2D eigenvalue weighted by Gasteiger charge is 2.26. The van der Waals surface area contributed by atoms with Crippen LogP contribution in [0.1, 0.15) is 61.4 Å². The zero-order valence-corrected chi connectivity index (χ0v) is 17.7. The van der Waals surface area contributed by atoms with Gasteiger partial charge in [-0.15, -0.1) is 0 Å². The van der Waals surface area contributed by atoms with Gasteiger partial charge < -0.3 is 19.4 Å². The van der Waals surface area contributed by atoms with Gasteiger partial charge in [-0.05, 0) is 55.3 Å². The van der Waals surface area contributed by atoms with Crippen LogP contribution in [-0.2, 0) is 11.3 Å². The first-order valence-corrected chi connectivity index (χ1v) is 10.4. The maximum absolute atomic E-state index is 12.8. The Morgan fingerprint density at radius 2 is 1.88 bits per heavy atom. The van der Waals surface area contributed by atoms with Crippen molar-refractivity contribution in [2.75, 3.05) is 20.2 Å². The average Bonchev–Trinajstić information content (AvgIpc) is 3.54. The number of aromatic nitrogens is 2. The van der Waals surface area contributed by atoms with E-state index in [9.17, 15) is 14.4 Å². The SMILES string of the molecule is COC(=O)c1ccc(C(=O)N2CCC(c3cc(C(=O)NCc4ccco4)n[nH]3)CC2)cc1. The molecular formula is C23H24N4O5. The van der Waals surface area contributed by atoms with Crippen molar-refractivity contribution in [2.24, 2.45) is 0 Å². The first-order chi connectivity index (χ1) is 15.5. The summed E-state index contributed by atoms with van der Waals surface area (Å²) in [5.41, 5.74) is 2.16. The smallest absolute Gasteiger partial charge is 0.337 e. The van der Waals surface area contributed by atoms with Crippen LogP contribution in [0.15, 0.2) is 53.1 Å². The molecule has 0 spiro atoms. The lowest BCUT2D eigenvalue weighted by Gasteiger charge is -2.31. The second kappa shape index (κ2) is 9.51. The van der Waals surface area contributed by atoms with E-state index in [0.29, 0.717) is 42.2 Å². The van der Waals surface area contributed by atoms with Crippen molar-refractivity contribution >= 4 is 17.8 Å². The lowest BCUT2D eigenvalue weighted by atomic mass is 9.93. The summed E-state index contributed by atoms with van der Waals surface area (Å²) in [6.07, 6.45) is 3.09. The first-order valence-electron chi connectivity index (χ1n) is 10.4. The van der Waals surface area contributed by atoms with E-state index in [1.165, 1.54) is 7.11 Å². The number of hydrogen-bond acceptors (Lipinski definition) is 6. The van der Waals surface area contributed by atoms with E-state index in [4.69, 9.17) is 4.42 Å². The monoisotopic (exact) mass is 436 g/mol. The van der Waals surface area contributed by atoms with Crippen LogP contribution in [-0.4, -0.2) is 53.1 Å². The first kappa shape index (κ1) is 21.4. The third kappa shape index (κ3) is 4.72. The minimum absolute atomic E-state index is 0.0672. The molecule has 2 N–H and O–H groups in total. The quantitative estimate of drug-likeness (QED) is 0.574. The molecule has 3 heterocycles. The largest absolute Gasteiger partial charge is 0.467 e. The molecule has 2 amide bonds. The van der Waals surface area contributed by atoms with Crippen molar-refractivity contribution in [3.63, 3.8) is 0 Å². The molecule has 4 rings (SSSR count). The Bertz CT molecular complexity index is 1080. The number of rotatable bonds is 6. The molecule has 9 nitrogen and oxygen atoms in total. The number of nitrogens with zero attached hydrogens (tertiary/aromatic N) is 2. The fraction of sp³-hybridized carbons (Fsp3) is 0.304. The Morgan fingerprint density at radius 3 is 2.53 bits per heavy atom. The van der Waals surface area contributed by atoms with Gasteiger partial charge in [0.25, 0.3) is 11.8 Å². The predicted molar refractivity (Wildman–Crippen MR) is 114 cm³/mol. The zero-order valence-electron chi connectivity index (χ0n) is 17.7. The van der Waals surface area contributed by atoms with Crippen molar-refractivity contribution in [1.29, 1.82) is 0 Å². The third-order valence-corrected chi connectivity index (χ3v) is 5.61. The van der Waals surface area contributed by atoms with E-state index >= 15 is 0 Å². The Morgan fingerprint density at radius 1 is 1.16 bits per heavy atom. The fourth-order valence-corrected chi connectivity index (χ4v) is 3.78. The number of esters is 1. The maximum Gasteiger partial charge on any atom is 0.337 e. The molecule has 1 aliphatic heterocycles. The van der Waals surface area contributed by atoms with Crippen LogP contribution >= 0.6 is 0 Å². The van der Waals surface area contributed by atoms with Crippen LogP contribution < -0.4 is 5.32 Å². The van der Waals surface area contributed by atoms with Crippen molar-refractivity contribution in [3.05, 3.63) is 77.0 Å². The van der Waals surface area contributed by atoms with Gasteiger partial charge in [0.2, 0.25) is 0 Å². The summed E-state index contributed by atoms with van der Waals surface area (Å²) in [4.78, 5) is 38.4. The minimum Gasteiger partial charge on any atom is -0.467 e. The van der Waals surface area contributed by atoms with Gasteiger partial charge in [0.05, 0.1) is 25.5 Å². The lowest BCUT2D eigenvalue weighted by Crippen LogP contribution is -2.38. The number of furan rings is 1. The second-order valence-electron chi connectivity index (χ2n) is 7.61. The number of aromatic amines is 1. The summed E-state index contributed by atoms with van der Waals surface area (Å²) in [6, 6.07) is 11.8. The number of likely N-dealkylation sites (tertiary alicyclic amines) is 1. The molecule has 1 fully saturated rings. The third-order valence-electron chi connectivity index (χ3n) is 5.61. The average molecular weight is 436 g/mol. The van der Waals surface area contributed by atoms with Gasteiger partial charge in [-0.25, -0.2) is 4.79 Å². The summed E-state index contributed by atoms with van der Waals surface area (Å²) in [5, 5.41) is 9.88. The molecule has 0 bridgehead atoms. The Hall–Kier alpha value is -3.88. The molecule has 32 heavy (non-hydrogen) atoms. The second-order valence-corrected chi connectivity index (χ2v) is 7.61. The summed E-state index contributed by atoms with van der Waals surface area (Å²) < 4.78 is 9.89. The summed E-state index contributed by atoms with van der Waals surface area (Å²) in [7, 11) is 1.32. The van der Waals surface area contributed by atoms with E-state index in [2.05, 4.69) is 20.3 Å². The summed E-state index contributed by atoms with van der Waals surface area (Å²) in [6.45, 7) is 1.50. The minimum atomic E-state index is -0.432. The van der Waals surface area contributed by atoms with Gasteiger partial charge >= 0.3 is 5.97 Å². The van der Waals surface area contributed by atoms with E-state index in [0.717, 1.165) is 18.5 Å². The number of carbonyl (C=O) groups excluding carboxylic acids is 3. The highest BCUT2D eigenvalue weighted by atomic mass is 16.5. The molecule has 166 valence electrons. The standard InChI is InChI=1S/C23H24N4O5/c1-31-23(30)17-6-4-16(5-7-17)22(29)27-10-8-15(9-11-27)19-13-20(26-25-19)21(28)24-14-18-3-2-12-32-18/h2-7,12-13,15H,8-11,14H2,1H3,(H,24,28)(H,25,26). The number of H-pyrrole nitrogens is 1. The molecule has 0 saturated carbocycles. The molecule has 1 aliphatic rings. The van der Waals surface area contributed by atoms with Gasteiger partial charge in [0, 0.05) is 30.3 Å². The van der Waals surface area contributed by atoms with Gasteiger partial charge in [-0.2, -0.15) is 5.10 Å². The van der Waals surface area contributed by atoms with Crippen LogP contribution in [0.25, 0.3) is 0 Å². The van der Waals surface area contributed by atoms with Gasteiger partial charge in [-0.1, -0.05) is 0 Å². The topological polar surface area (TPSA) is 118 Å². The molecule has 1 saturated heterocycles. The number of amides is 2. The number of nitrogens with one attached hydrogen (secondary N) is 2. The summed E-state index contributed by atoms with van der Waals surface area (Å²) in [5.74, 6) is 0.0960. The lowest BCUT2D eigenvalue weighted by molar-refractivity contribution is 0.0599. The van der Waals surface area contributed by atoms with Crippen LogP contribution in [0.2, 0.25) is 0 Å². The molecule has 0 radical (unpaired) electrons. The highest BCUT2D eigenvalue weighted by molar-refractivity contribution is 5.96. The van der Waals surface area contributed by atoms with Crippen LogP contribution in [0, 0.1) is 0 Å². The molecule has 0 aliphatic carbocycles. The Balaban J connectivity index is 1.30. The van der Waals surface area contributed by atoms with Crippen molar-refractivity contribution in [2.45, 2.75) is 25.3 Å².